The third-order valence-electron chi connectivity index (χ3n) is 6.01. The second kappa shape index (κ2) is 8.71. The normalized spacial score (nSPS) is 17.8. The number of aromatic nitrogens is 2. The summed E-state index contributed by atoms with van der Waals surface area (Å²) < 4.78 is 8.05. The maximum Gasteiger partial charge on any atom is 0.415 e. The Morgan fingerprint density at radius 2 is 1.74 bits per heavy atom. The number of imidazole rings is 1. The lowest BCUT2D eigenvalue weighted by atomic mass is 9.91. The zero-order valence-electron chi connectivity index (χ0n) is 17.4. The van der Waals surface area contributed by atoms with Gasteiger partial charge in [0.15, 0.2) is 0 Å². The van der Waals surface area contributed by atoms with Crippen molar-refractivity contribution < 1.29 is 19.1 Å². The Kier molecular flexibility index (Phi) is 5.84. The maximum absolute atomic E-state index is 12.5. The van der Waals surface area contributed by atoms with E-state index in [1.165, 1.54) is 5.69 Å². The molecule has 2 aromatic heterocycles. The minimum absolute atomic E-state index is 0.225. The van der Waals surface area contributed by atoms with Crippen molar-refractivity contribution in [2.45, 2.75) is 31.9 Å². The Bertz CT molecular complexity index is 1100. The van der Waals surface area contributed by atoms with Crippen molar-refractivity contribution in [2.24, 2.45) is 0 Å². The molecule has 3 aromatic rings. The third kappa shape index (κ3) is 4.21. The summed E-state index contributed by atoms with van der Waals surface area (Å²) in [6.45, 7) is 5.40. The van der Waals surface area contributed by atoms with E-state index in [2.05, 4.69) is 27.4 Å². The molecule has 0 aliphatic carbocycles. The lowest BCUT2D eigenvalue weighted by Gasteiger charge is -2.37. The molecule has 1 amide bonds. The average molecular weight is 420 g/mol. The summed E-state index contributed by atoms with van der Waals surface area (Å²) in [6, 6.07) is 15.9. The van der Waals surface area contributed by atoms with Crippen molar-refractivity contribution in [1.82, 2.24) is 14.3 Å². The van der Waals surface area contributed by atoms with Gasteiger partial charge in [-0.2, -0.15) is 9.59 Å². The molecule has 1 aromatic carbocycles. The number of pyridine rings is 1. The number of carbonyl (C=O) groups excluding carboxylic acids is 3. The topological polar surface area (TPSA) is 84.2 Å². The molecule has 160 valence electrons. The summed E-state index contributed by atoms with van der Waals surface area (Å²) >= 11 is 0. The predicted octanol–water partition coefficient (Wildman–Crippen LogP) is 3.05. The second-order valence-corrected chi connectivity index (χ2v) is 7.90. The van der Waals surface area contributed by atoms with Gasteiger partial charge in [-0.15, -0.1) is 0 Å². The van der Waals surface area contributed by atoms with Crippen LogP contribution in [0.1, 0.15) is 24.2 Å². The first kappa shape index (κ1) is 20.8. The van der Waals surface area contributed by atoms with Crippen molar-refractivity contribution in [3.05, 3.63) is 66.1 Å². The molecule has 4 heterocycles. The van der Waals surface area contributed by atoms with Crippen molar-refractivity contribution in [3.63, 3.8) is 0 Å². The SMILES string of the molecule is Cc1nc2ccccn2c1CN1CCC2(CC1)CN(c1ccccc1)C(=O)O2.O=C=O. The van der Waals surface area contributed by atoms with Crippen LogP contribution in [0.5, 0.6) is 0 Å². The number of anilines is 1. The highest BCUT2D eigenvalue weighted by atomic mass is 16.6. The van der Waals surface area contributed by atoms with Crippen molar-refractivity contribution >= 4 is 23.6 Å². The fourth-order valence-corrected chi connectivity index (χ4v) is 4.38. The molecule has 0 atom stereocenters. The summed E-state index contributed by atoms with van der Waals surface area (Å²) in [4.78, 5) is 37.6. The van der Waals surface area contributed by atoms with Crippen molar-refractivity contribution in [1.29, 1.82) is 0 Å². The molecule has 0 unspecified atom stereocenters. The number of para-hydroxylation sites is 1. The largest absolute Gasteiger partial charge is 0.441 e. The van der Waals surface area contributed by atoms with Crippen molar-refractivity contribution in [2.75, 3.05) is 24.5 Å². The fourth-order valence-electron chi connectivity index (χ4n) is 4.38. The molecule has 2 fully saturated rings. The van der Waals surface area contributed by atoms with E-state index in [1.54, 1.807) is 4.90 Å². The number of aryl methyl sites for hydroxylation is 1. The molecule has 2 saturated heterocycles. The molecule has 0 bridgehead atoms. The lowest BCUT2D eigenvalue weighted by Crippen LogP contribution is -2.46. The monoisotopic (exact) mass is 420 g/mol. The van der Waals surface area contributed by atoms with E-state index >= 15 is 0 Å². The van der Waals surface area contributed by atoms with Crippen LogP contribution in [0.15, 0.2) is 54.7 Å². The Morgan fingerprint density at radius 1 is 1.06 bits per heavy atom. The molecule has 8 nitrogen and oxygen atoms in total. The minimum atomic E-state index is -0.363. The van der Waals surface area contributed by atoms with Crippen LogP contribution in [0.4, 0.5) is 10.5 Å². The van der Waals surface area contributed by atoms with E-state index < -0.39 is 0 Å². The van der Waals surface area contributed by atoms with Gasteiger partial charge >= 0.3 is 12.2 Å². The first-order chi connectivity index (χ1) is 15.0. The van der Waals surface area contributed by atoms with Crippen LogP contribution >= 0.6 is 0 Å². The number of ether oxygens (including phenoxy) is 1. The van der Waals surface area contributed by atoms with E-state index in [1.807, 2.05) is 48.5 Å². The molecular formula is C23H24N4O4. The van der Waals surface area contributed by atoms with E-state index in [0.29, 0.717) is 6.54 Å². The van der Waals surface area contributed by atoms with E-state index in [4.69, 9.17) is 14.3 Å². The van der Waals surface area contributed by atoms with Crippen LogP contribution in [0.2, 0.25) is 0 Å². The molecule has 8 heteroatoms. The molecule has 0 saturated carbocycles. The summed E-state index contributed by atoms with van der Waals surface area (Å²) in [5.41, 5.74) is 3.85. The van der Waals surface area contributed by atoms with Gasteiger partial charge in [0.1, 0.15) is 11.2 Å². The molecule has 0 N–H and O–H groups in total. The van der Waals surface area contributed by atoms with Gasteiger partial charge in [-0.3, -0.25) is 9.80 Å². The predicted molar refractivity (Wildman–Crippen MR) is 112 cm³/mol. The highest BCUT2D eigenvalue weighted by Crippen LogP contribution is 2.36. The Hall–Kier alpha value is -3.48. The minimum Gasteiger partial charge on any atom is -0.441 e. The van der Waals surface area contributed by atoms with Gasteiger partial charge in [0.2, 0.25) is 0 Å². The van der Waals surface area contributed by atoms with Crippen LogP contribution in [0, 0.1) is 6.92 Å². The van der Waals surface area contributed by atoms with Crippen molar-refractivity contribution in [3.8, 4) is 0 Å². The summed E-state index contributed by atoms with van der Waals surface area (Å²) in [6.07, 6.45) is 3.82. The van der Waals surface area contributed by atoms with Gasteiger partial charge < -0.3 is 9.14 Å². The maximum atomic E-state index is 12.5. The average Bonchev–Trinajstić information content (AvgIpc) is 3.27. The number of hydrogen-bond donors (Lipinski definition) is 0. The van der Waals surface area contributed by atoms with Crippen LogP contribution in [-0.4, -0.2) is 51.8 Å². The molecule has 31 heavy (non-hydrogen) atoms. The number of fused-ring (bicyclic) bond motifs is 1. The van der Waals surface area contributed by atoms with Gasteiger partial charge in [-0.25, -0.2) is 9.78 Å². The first-order valence-corrected chi connectivity index (χ1v) is 10.2. The summed E-state index contributed by atoms with van der Waals surface area (Å²) in [7, 11) is 0. The van der Waals surface area contributed by atoms with Crippen LogP contribution in [0.25, 0.3) is 5.65 Å². The number of carbonyl (C=O) groups is 1. The molecular weight excluding hydrogens is 396 g/mol. The highest BCUT2D eigenvalue weighted by molar-refractivity contribution is 5.90. The zero-order valence-corrected chi connectivity index (χ0v) is 17.4. The van der Waals surface area contributed by atoms with Crippen LogP contribution in [-0.2, 0) is 20.9 Å². The molecule has 0 radical (unpaired) electrons. The first-order valence-electron chi connectivity index (χ1n) is 10.2. The van der Waals surface area contributed by atoms with Gasteiger partial charge in [0.25, 0.3) is 0 Å². The standard InChI is InChI=1S/C22H24N4O2.CO2/c1-17-19(25-12-6-5-9-20(25)23-17)15-24-13-10-22(11-14-24)16-26(21(27)28-22)18-7-3-2-4-8-18;2-1-3/h2-9,12H,10-11,13-16H2,1H3;. The van der Waals surface area contributed by atoms with Gasteiger partial charge in [-0.05, 0) is 31.2 Å². The summed E-state index contributed by atoms with van der Waals surface area (Å²) in [5, 5.41) is 0. The van der Waals surface area contributed by atoms with Crippen LogP contribution < -0.4 is 4.90 Å². The molecule has 2 aliphatic heterocycles. The number of hydrogen-bond acceptors (Lipinski definition) is 6. The smallest absolute Gasteiger partial charge is 0.415 e. The van der Waals surface area contributed by atoms with E-state index in [0.717, 1.165) is 49.5 Å². The number of piperidine rings is 1. The second-order valence-electron chi connectivity index (χ2n) is 7.90. The van der Waals surface area contributed by atoms with E-state index in [9.17, 15) is 4.79 Å². The van der Waals surface area contributed by atoms with E-state index in [-0.39, 0.29) is 17.8 Å². The third-order valence-corrected chi connectivity index (χ3v) is 6.01. The fraction of sp³-hybridized carbons (Fsp3) is 0.348. The van der Waals surface area contributed by atoms with Gasteiger partial charge in [-0.1, -0.05) is 24.3 Å². The number of likely N-dealkylation sites (tertiary alicyclic amines) is 1. The van der Waals surface area contributed by atoms with Gasteiger partial charge in [0, 0.05) is 44.4 Å². The Balaban J connectivity index is 0.000000730. The van der Waals surface area contributed by atoms with Crippen LogP contribution in [0.3, 0.4) is 0 Å². The van der Waals surface area contributed by atoms with Gasteiger partial charge in [0.05, 0.1) is 17.9 Å². The quantitative estimate of drug-likeness (QED) is 0.648. The number of benzene rings is 1. The lowest BCUT2D eigenvalue weighted by molar-refractivity contribution is -0.191. The zero-order chi connectivity index (χ0) is 21.8. The Labute approximate surface area is 180 Å². The molecule has 1 spiro atoms. The number of rotatable bonds is 3. The molecule has 2 aliphatic rings. The Morgan fingerprint density at radius 3 is 2.45 bits per heavy atom. The molecule has 5 rings (SSSR count). The number of nitrogens with zero attached hydrogens (tertiary/aromatic N) is 4. The number of amides is 1. The highest BCUT2D eigenvalue weighted by Gasteiger charge is 2.47. The summed E-state index contributed by atoms with van der Waals surface area (Å²) in [5.74, 6) is 0.